The molecule has 0 atom stereocenters. The summed E-state index contributed by atoms with van der Waals surface area (Å²) in [6, 6.07) is 15.6. The third kappa shape index (κ3) is 6.76. The first-order chi connectivity index (χ1) is 14.2. The Labute approximate surface area is 171 Å². The minimum atomic E-state index is -0.0591. The fourth-order valence-electron chi connectivity index (χ4n) is 2.98. The maximum atomic E-state index is 12.4. The van der Waals surface area contributed by atoms with E-state index in [1.54, 1.807) is 6.20 Å². The molecule has 3 rings (SSSR count). The summed E-state index contributed by atoms with van der Waals surface area (Å²) in [7, 11) is 1.92. The molecule has 1 aromatic heterocycles. The number of ether oxygens (including phenoxy) is 1. The van der Waals surface area contributed by atoms with Gasteiger partial charge in [0.25, 0.3) is 5.91 Å². The quantitative estimate of drug-likeness (QED) is 0.492. The van der Waals surface area contributed by atoms with Gasteiger partial charge in [-0.2, -0.15) is 0 Å². The SMILES string of the molecule is CNCCc1cccc(C(=O)NCc2ccc(OCCCn3ccnc3)cc2)c1. The van der Waals surface area contributed by atoms with E-state index in [1.807, 2.05) is 72.7 Å². The molecule has 2 aromatic carbocycles. The van der Waals surface area contributed by atoms with E-state index in [-0.39, 0.29) is 5.91 Å². The first-order valence-corrected chi connectivity index (χ1v) is 9.94. The molecule has 0 aliphatic rings. The summed E-state index contributed by atoms with van der Waals surface area (Å²) in [5.74, 6) is 0.777. The van der Waals surface area contributed by atoms with Crippen LogP contribution in [0.5, 0.6) is 5.75 Å². The number of hydrogen-bond donors (Lipinski definition) is 2. The van der Waals surface area contributed by atoms with Crippen molar-refractivity contribution in [2.45, 2.75) is 25.9 Å². The maximum absolute atomic E-state index is 12.4. The molecular weight excluding hydrogens is 364 g/mol. The van der Waals surface area contributed by atoms with E-state index < -0.39 is 0 Å². The molecule has 29 heavy (non-hydrogen) atoms. The molecule has 3 aromatic rings. The van der Waals surface area contributed by atoms with E-state index in [4.69, 9.17) is 4.74 Å². The number of nitrogens with one attached hydrogen (secondary N) is 2. The second-order valence-corrected chi connectivity index (χ2v) is 6.88. The van der Waals surface area contributed by atoms with E-state index in [2.05, 4.69) is 15.6 Å². The minimum Gasteiger partial charge on any atom is -0.494 e. The minimum absolute atomic E-state index is 0.0591. The molecule has 2 N–H and O–H groups in total. The molecule has 152 valence electrons. The molecule has 0 saturated carbocycles. The van der Waals surface area contributed by atoms with Gasteiger partial charge in [-0.05, 0) is 61.8 Å². The van der Waals surface area contributed by atoms with Crippen LogP contribution in [0.4, 0.5) is 0 Å². The summed E-state index contributed by atoms with van der Waals surface area (Å²) in [6.45, 7) is 2.92. The topological polar surface area (TPSA) is 68.2 Å². The van der Waals surface area contributed by atoms with Crippen LogP contribution in [0.15, 0.2) is 67.3 Å². The molecule has 0 fully saturated rings. The third-order valence-corrected chi connectivity index (χ3v) is 4.62. The van der Waals surface area contributed by atoms with Crippen molar-refractivity contribution >= 4 is 5.91 Å². The Kier molecular flexibility index (Phi) is 7.83. The van der Waals surface area contributed by atoms with Crippen molar-refractivity contribution in [1.82, 2.24) is 20.2 Å². The van der Waals surface area contributed by atoms with Crippen molar-refractivity contribution < 1.29 is 9.53 Å². The monoisotopic (exact) mass is 392 g/mol. The van der Waals surface area contributed by atoms with Gasteiger partial charge in [0.05, 0.1) is 12.9 Å². The maximum Gasteiger partial charge on any atom is 0.251 e. The number of likely N-dealkylation sites (N-methyl/N-ethyl adjacent to an activating group) is 1. The van der Waals surface area contributed by atoms with E-state index in [1.165, 1.54) is 0 Å². The Hall–Kier alpha value is -3.12. The van der Waals surface area contributed by atoms with Gasteiger partial charge in [-0.3, -0.25) is 4.79 Å². The van der Waals surface area contributed by atoms with E-state index in [0.717, 1.165) is 42.8 Å². The zero-order valence-electron chi connectivity index (χ0n) is 16.8. The average Bonchev–Trinajstić information content (AvgIpc) is 3.28. The third-order valence-electron chi connectivity index (χ3n) is 4.62. The number of carbonyl (C=O) groups excluding carboxylic acids is 1. The highest BCUT2D eigenvalue weighted by Crippen LogP contribution is 2.13. The number of nitrogens with zero attached hydrogens (tertiary/aromatic N) is 2. The van der Waals surface area contributed by atoms with Crippen LogP contribution in [0.2, 0.25) is 0 Å². The van der Waals surface area contributed by atoms with Crippen molar-refractivity contribution in [1.29, 1.82) is 0 Å². The molecule has 6 nitrogen and oxygen atoms in total. The predicted molar refractivity (Wildman–Crippen MR) is 114 cm³/mol. The number of imidazole rings is 1. The van der Waals surface area contributed by atoms with E-state index in [9.17, 15) is 4.79 Å². The van der Waals surface area contributed by atoms with Crippen LogP contribution >= 0.6 is 0 Å². The van der Waals surface area contributed by atoms with Crippen LogP contribution in [0, 0.1) is 0 Å². The van der Waals surface area contributed by atoms with Gasteiger partial charge in [-0.25, -0.2) is 4.98 Å². The molecule has 1 heterocycles. The molecular formula is C23H28N4O2. The highest BCUT2D eigenvalue weighted by Gasteiger charge is 2.06. The lowest BCUT2D eigenvalue weighted by Gasteiger charge is -2.09. The fourth-order valence-corrected chi connectivity index (χ4v) is 2.98. The van der Waals surface area contributed by atoms with Gasteiger partial charge in [-0.1, -0.05) is 24.3 Å². The van der Waals surface area contributed by atoms with Gasteiger partial charge in [0.2, 0.25) is 0 Å². The van der Waals surface area contributed by atoms with E-state index in [0.29, 0.717) is 18.7 Å². The first kappa shape index (κ1) is 20.6. The van der Waals surface area contributed by atoms with Crippen molar-refractivity contribution in [2.24, 2.45) is 0 Å². The first-order valence-electron chi connectivity index (χ1n) is 9.94. The average molecular weight is 393 g/mol. The predicted octanol–water partition coefficient (Wildman–Crippen LogP) is 3.04. The van der Waals surface area contributed by atoms with Crippen molar-refractivity contribution in [3.63, 3.8) is 0 Å². The molecule has 6 heteroatoms. The molecule has 0 bridgehead atoms. The molecule has 0 aliphatic heterocycles. The van der Waals surface area contributed by atoms with Crippen LogP contribution in [0.1, 0.15) is 27.9 Å². The van der Waals surface area contributed by atoms with Crippen LogP contribution in [-0.4, -0.2) is 35.7 Å². The zero-order chi connectivity index (χ0) is 20.3. The molecule has 0 unspecified atom stereocenters. The summed E-state index contributed by atoms with van der Waals surface area (Å²) >= 11 is 0. The van der Waals surface area contributed by atoms with E-state index >= 15 is 0 Å². The van der Waals surface area contributed by atoms with Gasteiger partial charge in [0.1, 0.15) is 5.75 Å². The van der Waals surface area contributed by atoms with Crippen LogP contribution < -0.4 is 15.4 Å². The Balaban J connectivity index is 1.41. The number of benzene rings is 2. The number of carbonyl (C=O) groups is 1. The van der Waals surface area contributed by atoms with Crippen LogP contribution in [0.25, 0.3) is 0 Å². The lowest BCUT2D eigenvalue weighted by atomic mass is 10.1. The normalized spacial score (nSPS) is 10.7. The van der Waals surface area contributed by atoms with Gasteiger partial charge < -0.3 is 19.9 Å². The lowest BCUT2D eigenvalue weighted by Crippen LogP contribution is -2.23. The van der Waals surface area contributed by atoms with Crippen molar-refractivity contribution in [3.8, 4) is 5.75 Å². The Morgan fingerprint density at radius 2 is 2.00 bits per heavy atom. The van der Waals surface area contributed by atoms with Gasteiger partial charge in [0.15, 0.2) is 0 Å². The Morgan fingerprint density at radius 3 is 2.76 bits per heavy atom. The smallest absolute Gasteiger partial charge is 0.251 e. The van der Waals surface area contributed by atoms with Crippen molar-refractivity contribution in [3.05, 3.63) is 83.9 Å². The molecule has 1 amide bonds. The van der Waals surface area contributed by atoms with Gasteiger partial charge >= 0.3 is 0 Å². The zero-order valence-corrected chi connectivity index (χ0v) is 16.8. The summed E-state index contributed by atoms with van der Waals surface area (Å²) in [5, 5.41) is 6.11. The number of amides is 1. The molecule has 0 aliphatic carbocycles. The highest BCUT2D eigenvalue weighted by atomic mass is 16.5. The van der Waals surface area contributed by atoms with Crippen LogP contribution in [0.3, 0.4) is 0 Å². The number of hydrogen-bond acceptors (Lipinski definition) is 4. The highest BCUT2D eigenvalue weighted by molar-refractivity contribution is 5.94. The molecule has 0 spiro atoms. The summed E-state index contributed by atoms with van der Waals surface area (Å²) in [4.78, 5) is 16.4. The second-order valence-electron chi connectivity index (χ2n) is 6.88. The lowest BCUT2D eigenvalue weighted by molar-refractivity contribution is 0.0951. The standard InChI is InChI=1S/C23H28N4O2/c1-24-11-10-19-4-2-5-21(16-19)23(28)26-17-20-6-8-22(9-7-20)29-15-3-13-27-14-12-25-18-27/h2,4-9,12,14,16,18,24H,3,10-11,13,15,17H2,1H3,(H,26,28). The summed E-state index contributed by atoms with van der Waals surface area (Å²) < 4.78 is 7.81. The summed E-state index contributed by atoms with van der Waals surface area (Å²) in [5.41, 5.74) is 2.88. The van der Waals surface area contributed by atoms with Crippen molar-refractivity contribution in [2.75, 3.05) is 20.2 Å². The fraction of sp³-hybridized carbons (Fsp3) is 0.304. The van der Waals surface area contributed by atoms with Gasteiger partial charge in [-0.15, -0.1) is 0 Å². The number of rotatable bonds is 11. The Morgan fingerprint density at radius 1 is 1.14 bits per heavy atom. The second kappa shape index (κ2) is 11.0. The number of aryl methyl sites for hydroxylation is 1. The van der Waals surface area contributed by atoms with Gasteiger partial charge in [0, 0.05) is 31.0 Å². The Bertz CT molecular complexity index is 876. The number of aromatic nitrogens is 2. The van der Waals surface area contributed by atoms with Crippen LogP contribution in [-0.2, 0) is 19.5 Å². The molecule has 0 radical (unpaired) electrons. The molecule has 0 saturated heterocycles. The largest absolute Gasteiger partial charge is 0.494 e. The summed E-state index contributed by atoms with van der Waals surface area (Å²) in [6.07, 6.45) is 7.35.